The van der Waals surface area contributed by atoms with Crippen molar-refractivity contribution in [2.45, 2.75) is 33.1 Å². The smallest absolute Gasteiger partial charge is 0.227 e. The lowest BCUT2D eigenvalue weighted by Crippen LogP contribution is -2.12. The molecule has 0 spiro atoms. The Morgan fingerprint density at radius 1 is 1.60 bits per heavy atom. The Kier molecular flexibility index (Phi) is 2.04. The first-order valence-electron chi connectivity index (χ1n) is 3.77. The van der Waals surface area contributed by atoms with Crippen molar-refractivity contribution < 1.29 is 4.79 Å². The molecule has 0 bridgehead atoms. The van der Waals surface area contributed by atoms with Gasteiger partial charge in [0.1, 0.15) is 0 Å². The standard InChI is InChI=1S/C8H13ClO/c1-6(2)5-8(3-4-8)7(9)10/h6H,3-5H2,1-2H3. The zero-order chi connectivity index (χ0) is 7.78. The molecule has 0 N–H and O–H groups in total. The topological polar surface area (TPSA) is 17.1 Å². The van der Waals surface area contributed by atoms with E-state index in [1.165, 1.54) is 0 Å². The van der Waals surface area contributed by atoms with Gasteiger partial charge in [-0.1, -0.05) is 13.8 Å². The summed E-state index contributed by atoms with van der Waals surface area (Å²) in [6, 6.07) is 0. The van der Waals surface area contributed by atoms with Crippen LogP contribution in [-0.2, 0) is 4.79 Å². The van der Waals surface area contributed by atoms with Gasteiger partial charge in [-0.25, -0.2) is 0 Å². The molecular formula is C8H13ClO. The highest BCUT2D eigenvalue weighted by atomic mass is 35.5. The van der Waals surface area contributed by atoms with Gasteiger partial charge in [0.05, 0.1) is 0 Å². The van der Waals surface area contributed by atoms with E-state index in [2.05, 4.69) is 13.8 Å². The minimum atomic E-state index is -0.124. The van der Waals surface area contributed by atoms with Crippen LogP contribution in [0.15, 0.2) is 0 Å². The molecule has 1 saturated carbocycles. The maximum Gasteiger partial charge on any atom is 0.227 e. The predicted molar refractivity (Wildman–Crippen MR) is 42.0 cm³/mol. The fourth-order valence-corrected chi connectivity index (χ4v) is 1.68. The first-order valence-corrected chi connectivity index (χ1v) is 4.14. The Hall–Kier alpha value is -0.0400. The zero-order valence-electron chi connectivity index (χ0n) is 6.48. The van der Waals surface area contributed by atoms with Gasteiger partial charge in [0.15, 0.2) is 0 Å². The number of hydrogen-bond donors (Lipinski definition) is 0. The molecule has 1 aliphatic carbocycles. The van der Waals surface area contributed by atoms with Crippen molar-refractivity contribution in [1.82, 2.24) is 0 Å². The van der Waals surface area contributed by atoms with Crippen LogP contribution in [0.2, 0.25) is 0 Å². The van der Waals surface area contributed by atoms with Gasteiger partial charge in [-0.05, 0) is 36.8 Å². The maximum atomic E-state index is 10.8. The average Bonchev–Trinajstić information content (AvgIpc) is 2.46. The van der Waals surface area contributed by atoms with E-state index in [4.69, 9.17) is 11.6 Å². The number of hydrogen-bond acceptors (Lipinski definition) is 1. The lowest BCUT2D eigenvalue weighted by Gasteiger charge is -2.11. The van der Waals surface area contributed by atoms with Crippen LogP contribution in [0.3, 0.4) is 0 Å². The Balaban J connectivity index is 2.45. The highest BCUT2D eigenvalue weighted by Gasteiger charge is 2.48. The zero-order valence-corrected chi connectivity index (χ0v) is 7.24. The highest BCUT2D eigenvalue weighted by Crippen LogP contribution is 2.52. The summed E-state index contributed by atoms with van der Waals surface area (Å²) in [5.41, 5.74) is -0.101. The fourth-order valence-electron chi connectivity index (χ4n) is 1.41. The third-order valence-corrected chi connectivity index (χ3v) is 2.47. The van der Waals surface area contributed by atoms with E-state index >= 15 is 0 Å². The Morgan fingerprint density at radius 2 is 2.10 bits per heavy atom. The second kappa shape index (κ2) is 2.54. The fraction of sp³-hybridized carbons (Fsp3) is 0.875. The summed E-state index contributed by atoms with van der Waals surface area (Å²) in [6.45, 7) is 4.25. The van der Waals surface area contributed by atoms with Crippen LogP contribution in [0.1, 0.15) is 33.1 Å². The van der Waals surface area contributed by atoms with E-state index in [1.807, 2.05) is 0 Å². The van der Waals surface area contributed by atoms with Crippen molar-refractivity contribution in [3.05, 3.63) is 0 Å². The molecule has 1 nitrogen and oxygen atoms in total. The van der Waals surface area contributed by atoms with Gasteiger partial charge in [-0.2, -0.15) is 0 Å². The Bertz CT molecular complexity index is 147. The second-order valence-electron chi connectivity index (χ2n) is 3.65. The van der Waals surface area contributed by atoms with Gasteiger partial charge >= 0.3 is 0 Å². The summed E-state index contributed by atoms with van der Waals surface area (Å²) in [6.07, 6.45) is 2.98. The summed E-state index contributed by atoms with van der Waals surface area (Å²) in [4.78, 5) is 10.8. The molecule has 0 atom stereocenters. The molecule has 10 heavy (non-hydrogen) atoms. The first kappa shape index (κ1) is 8.06. The maximum absolute atomic E-state index is 10.8. The van der Waals surface area contributed by atoms with E-state index in [-0.39, 0.29) is 10.7 Å². The first-order chi connectivity index (χ1) is 4.57. The van der Waals surface area contributed by atoms with Crippen molar-refractivity contribution in [2.75, 3.05) is 0 Å². The molecule has 0 unspecified atom stereocenters. The average molecular weight is 161 g/mol. The van der Waals surface area contributed by atoms with Crippen LogP contribution in [0, 0.1) is 11.3 Å². The largest absolute Gasteiger partial charge is 0.281 e. The van der Waals surface area contributed by atoms with E-state index in [1.54, 1.807) is 0 Å². The van der Waals surface area contributed by atoms with Crippen molar-refractivity contribution in [2.24, 2.45) is 11.3 Å². The molecule has 0 aliphatic heterocycles. The molecule has 1 rings (SSSR count). The summed E-state index contributed by atoms with van der Waals surface area (Å²) in [7, 11) is 0. The lowest BCUT2D eigenvalue weighted by molar-refractivity contribution is -0.116. The van der Waals surface area contributed by atoms with E-state index in [0.717, 1.165) is 19.3 Å². The second-order valence-corrected chi connectivity index (χ2v) is 4.00. The molecule has 58 valence electrons. The van der Waals surface area contributed by atoms with Crippen molar-refractivity contribution in [3.63, 3.8) is 0 Å². The number of rotatable bonds is 3. The van der Waals surface area contributed by atoms with Crippen LogP contribution in [-0.4, -0.2) is 5.24 Å². The summed E-state index contributed by atoms with van der Waals surface area (Å²) < 4.78 is 0. The number of carbonyl (C=O) groups is 1. The van der Waals surface area contributed by atoms with Gasteiger partial charge < -0.3 is 0 Å². The summed E-state index contributed by atoms with van der Waals surface area (Å²) in [5.74, 6) is 0.588. The van der Waals surface area contributed by atoms with Gasteiger partial charge in [-0.15, -0.1) is 0 Å². The molecule has 0 radical (unpaired) electrons. The quantitative estimate of drug-likeness (QED) is 0.580. The predicted octanol–water partition coefficient (Wildman–Crippen LogP) is 2.58. The molecule has 1 fully saturated rings. The van der Waals surface area contributed by atoms with Crippen molar-refractivity contribution >= 4 is 16.8 Å². The van der Waals surface area contributed by atoms with Crippen LogP contribution in [0.25, 0.3) is 0 Å². The third kappa shape index (κ3) is 1.51. The molecule has 0 aromatic carbocycles. The molecule has 0 saturated heterocycles. The van der Waals surface area contributed by atoms with Gasteiger partial charge in [0.25, 0.3) is 0 Å². The molecule has 2 heteroatoms. The summed E-state index contributed by atoms with van der Waals surface area (Å²) in [5, 5.41) is -0.124. The number of halogens is 1. The van der Waals surface area contributed by atoms with E-state index in [9.17, 15) is 4.79 Å². The highest BCUT2D eigenvalue weighted by molar-refractivity contribution is 6.65. The third-order valence-electron chi connectivity index (χ3n) is 2.07. The SMILES string of the molecule is CC(C)CC1(C(=O)Cl)CC1. The minimum Gasteiger partial charge on any atom is -0.281 e. The molecule has 0 aromatic heterocycles. The van der Waals surface area contributed by atoms with Crippen LogP contribution >= 0.6 is 11.6 Å². The van der Waals surface area contributed by atoms with Crippen molar-refractivity contribution in [1.29, 1.82) is 0 Å². The molecular weight excluding hydrogens is 148 g/mol. The van der Waals surface area contributed by atoms with Crippen molar-refractivity contribution in [3.8, 4) is 0 Å². The molecule has 1 aliphatic rings. The Morgan fingerprint density at radius 3 is 2.20 bits per heavy atom. The molecule has 0 aromatic rings. The molecule has 0 heterocycles. The van der Waals surface area contributed by atoms with E-state index in [0.29, 0.717) is 5.92 Å². The van der Waals surface area contributed by atoms with Crippen LogP contribution in [0.5, 0.6) is 0 Å². The van der Waals surface area contributed by atoms with E-state index < -0.39 is 0 Å². The van der Waals surface area contributed by atoms with Gasteiger partial charge in [0, 0.05) is 5.41 Å². The molecule has 0 amide bonds. The Labute approximate surface area is 66.8 Å². The van der Waals surface area contributed by atoms with Crippen LogP contribution in [0.4, 0.5) is 0 Å². The normalized spacial score (nSPS) is 21.2. The number of carbonyl (C=O) groups excluding carboxylic acids is 1. The summed E-state index contributed by atoms with van der Waals surface area (Å²) >= 11 is 5.44. The minimum absolute atomic E-state index is 0.101. The monoisotopic (exact) mass is 160 g/mol. The lowest BCUT2D eigenvalue weighted by atomic mass is 9.96. The van der Waals surface area contributed by atoms with Gasteiger partial charge in [0.2, 0.25) is 5.24 Å². The van der Waals surface area contributed by atoms with Crippen LogP contribution < -0.4 is 0 Å². The van der Waals surface area contributed by atoms with Gasteiger partial charge in [-0.3, -0.25) is 4.79 Å².